The summed E-state index contributed by atoms with van der Waals surface area (Å²) in [4.78, 5) is 0. The molecular weight excluding hydrogens is 340 g/mol. The first-order valence-corrected chi connectivity index (χ1v) is 10.2. The molecule has 2 aliphatic rings. The summed E-state index contributed by atoms with van der Waals surface area (Å²) >= 11 is 0. The van der Waals surface area contributed by atoms with Crippen LogP contribution in [0.4, 0.5) is 0 Å². The van der Waals surface area contributed by atoms with Crippen molar-refractivity contribution in [3.05, 3.63) is 48.6 Å². The molecule has 0 aromatic carbocycles. The monoisotopic (exact) mass is 376 g/mol. The second-order valence-electron chi connectivity index (χ2n) is 7.09. The summed E-state index contributed by atoms with van der Waals surface area (Å²) in [6, 6.07) is 0. The van der Waals surface area contributed by atoms with Gasteiger partial charge in [0.15, 0.2) is 6.29 Å². The Labute approximate surface area is 164 Å². The standard InChI is InChI=1S/C23H36O4/c1-4-5-6-7-8-9-10-11-12-13-14-15-21-22-19(23(25-3)27-21)16-17-20(22)26-18-24-2/h5-6,8-9,11-12,14-15,19-23H,4,7,10,13,16-18H2,1-3H3/b6-5-,9-8-,12-11-,15-14-/t19-,20+,21-,22-,23-/m0/s1. The maximum Gasteiger partial charge on any atom is 0.161 e. The molecule has 0 aromatic rings. The summed E-state index contributed by atoms with van der Waals surface area (Å²) in [6.07, 6.45) is 23.9. The summed E-state index contributed by atoms with van der Waals surface area (Å²) in [6.45, 7) is 2.49. The highest BCUT2D eigenvalue weighted by Gasteiger charge is 2.51. The van der Waals surface area contributed by atoms with Gasteiger partial charge in [-0.3, -0.25) is 0 Å². The topological polar surface area (TPSA) is 36.9 Å². The van der Waals surface area contributed by atoms with Crippen LogP contribution < -0.4 is 0 Å². The van der Waals surface area contributed by atoms with E-state index in [1.54, 1.807) is 14.2 Å². The molecule has 1 heterocycles. The van der Waals surface area contributed by atoms with Crippen LogP contribution in [0.25, 0.3) is 0 Å². The van der Waals surface area contributed by atoms with E-state index in [4.69, 9.17) is 18.9 Å². The fraction of sp³-hybridized carbons (Fsp3) is 0.652. The normalized spacial score (nSPS) is 31.3. The zero-order valence-electron chi connectivity index (χ0n) is 17.1. The van der Waals surface area contributed by atoms with Gasteiger partial charge in [0.2, 0.25) is 0 Å². The molecule has 5 atom stereocenters. The number of ether oxygens (including phenoxy) is 4. The first kappa shape index (κ1) is 22.1. The molecule has 1 aliphatic heterocycles. The van der Waals surface area contributed by atoms with Crippen LogP contribution >= 0.6 is 0 Å². The molecule has 0 aromatic heterocycles. The zero-order chi connectivity index (χ0) is 19.3. The minimum atomic E-state index is -0.122. The van der Waals surface area contributed by atoms with E-state index in [0.29, 0.717) is 18.6 Å². The number of methoxy groups -OCH3 is 2. The van der Waals surface area contributed by atoms with Crippen molar-refractivity contribution in [3.63, 3.8) is 0 Å². The Hall–Kier alpha value is -1.20. The molecule has 1 saturated heterocycles. The summed E-state index contributed by atoms with van der Waals surface area (Å²) in [5, 5.41) is 0. The smallest absolute Gasteiger partial charge is 0.161 e. The van der Waals surface area contributed by atoms with Crippen molar-refractivity contribution in [2.45, 2.75) is 63.9 Å². The van der Waals surface area contributed by atoms with E-state index < -0.39 is 0 Å². The van der Waals surface area contributed by atoms with Gasteiger partial charge in [-0.15, -0.1) is 0 Å². The molecule has 0 radical (unpaired) electrons. The Morgan fingerprint density at radius 1 is 0.889 bits per heavy atom. The summed E-state index contributed by atoms with van der Waals surface area (Å²) in [7, 11) is 3.39. The molecule has 0 bridgehead atoms. The van der Waals surface area contributed by atoms with Crippen LogP contribution in [0.3, 0.4) is 0 Å². The SMILES string of the molecule is CC/C=C\C/C=C\C/C=C\C/C=C\[C@@H]1O[C@H](OC)[C@H]2CC[C@@H](OCOC)[C@H]21. The van der Waals surface area contributed by atoms with E-state index in [9.17, 15) is 0 Å². The summed E-state index contributed by atoms with van der Waals surface area (Å²) < 4.78 is 22.6. The van der Waals surface area contributed by atoms with E-state index >= 15 is 0 Å². The van der Waals surface area contributed by atoms with Crippen LogP contribution in [-0.4, -0.2) is 39.5 Å². The van der Waals surface area contributed by atoms with Crippen molar-refractivity contribution >= 4 is 0 Å². The third-order valence-electron chi connectivity index (χ3n) is 5.24. The molecule has 0 spiro atoms. The Balaban J connectivity index is 1.75. The number of hydrogen-bond donors (Lipinski definition) is 0. The molecule has 0 unspecified atom stereocenters. The molecule has 1 saturated carbocycles. The average Bonchev–Trinajstić information content (AvgIpc) is 3.25. The van der Waals surface area contributed by atoms with Gasteiger partial charge < -0.3 is 18.9 Å². The van der Waals surface area contributed by atoms with Crippen molar-refractivity contribution in [2.24, 2.45) is 11.8 Å². The van der Waals surface area contributed by atoms with Gasteiger partial charge in [-0.1, -0.05) is 55.5 Å². The molecule has 0 amide bonds. The molecule has 4 nitrogen and oxygen atoms in total. The Morgan fingerprint density at radius 3 is 2.19 bits per heavy atom. The molecular formula is C23H36O4. The minimum absolute atomic E-state index is 0.0583. The lowest BCUT2D eigenvalue weighted by Gasteiger charge is -2.21. The molecule has 152 valence electrons. The van der Waals surface area contributed by atoms with Gasteiger partial charge in [0.1, 0.15) is 6.79 Å². The molecule has 27 heavy (non-hydrogen) atoms. The fourth-order valence-electron chi connectivity index (χ4n) is 3.99. The second kappa shape index (κ2) is 13.1. The van der Waals surface area contributed by atoms with E-state index in [1.165, 1.54) is 0 Å². The molecule has 2 fully saturated rings. The van der Waals surface area contributed by atoms with Gasteiger partial charge in [-0.05, 0) is 38.5 Å². The van der Waals surface area contributed by atoms with Crippen molar-refractivity contribution < 1.29 is 18.9 Å². The van der Waals surface area contributed by atoms with Crippen LogP contribution in [0.1, 0.15) is 45.4 Å². The molecule has 2 rings (SSSR count). The first-order chi connectivity index (χ1) is 13.3. The van der Waals surface area contributed by atoms with E-state index in [-0.39, 0.29) is 18.5 Å². The summed E-state index contributed by atoms with van der Waals surface area (Å²) in [5.74, 6) is 0.762. The highest BCUT2D eigenvalue weighted by atomic mass is 16.7. The quantitative estimate of drug-likeness (QED) is 0.347. The van der Waals surface area contributed by atoms with E-state index in [2.05, 4.69) is 55.5 Å². The predicted molar refractivity (Wildman–Crippen MR) is 109 cm³/mol. The fourth-order valence-corrected chi connectivity index (χ4v) is 3.99. The van der Waals surface area contributed by atoms with Crippen molar-refractivity contribution in [1.82, 2.24) is 0 Å². The van der Waals surface area contributed by atoms with E-state index in [1.807, 2.05) is 0 Å². The lowest BCUT2D eigenvalue weighted by Crippen LogP contribution is -2.28. The lowest BCUT2D eigenvalue weighted by atomic mass is 9.91. The molecule has 4 heteroatoms. The van der Waals surface area contributed by atoms with Gasteiger partial charge >= 0.3 is 0 Å². The maximum atomic E-state index is 6.11. The first-order valence-electron chi connectivity index (χ1n) is 10.2. The average molecular weight is 377 g/mol. The van der Waals surface area contributed by atoms with Gasteiger partial charge in [0.25, 0.3) is 0 Å². The number of fused-ring (bicyclic) bond motifs is 1. The number of rotatable bonds is 12. The zero-order valence-corrected chi connectivity index (χ0v) is 17.1. The van der Waals surface area contributed by atoms with Crippen LogP contribution in [0.15, 0.2) is 48.6 Å². The Morgan fingerprint density at radius 2 is 1.56 bits per heavy atom. The highest BCUT2D eigenvalue weighted by Crippen LogP contribution is 2.46. The third kappa shape index (κ3) is 7.04. The molecule has 0 N–H and O–H groups in total. The largest absolute Gasteiger partial charge is 0.359 e. The van der Waals surface area contributed by atoms with Crippen LogP contribution in [0.5, 0.6) is 0 Å². The van der Waals surface area contributed by atoms with Gasteiger partial charge in [-0.25, -0.2) is 0 Å². The Kier molecular flexibility index (Phi) is 10.7. The lowest BCUT2D eigenvalue weighted by molar-refractivity contribution is -0.128. The number of hydrogen-bond acceptors (Lipinski definition) is 4. The second-order valence-corrected chi connectivity index (χ2v) is 7.09. The van der Waals surface area contributed by atoms with Crippen molar-refractivity contribution in [2.75, 3.05) is 21.0 Å². The highest BCUT2D eigenvalue weighted by molar-refractivity contribution is 5.07. The van der Waals surface area contributed by atoms with Crippen LogP contribution in [0.2, 0.25) is 0 Å². The van der Waals surface area contributed by atoms with E-state index in [0.717, 1.165) is 38.5 Å². The van der Waals surface area contributed by atoms with Gasteiger partial charge in [0.05, 0.1) is 12.2 Å². The Bertz CT molecular complexity index is 509. The van der Waals surface area contributed by atoms with Gasteiger partial charge in [0, 0.05) is 26.1 Å². The van der Waals surface area contributed by atoms with Crippen LogP contribution in [-0.2, 0) is 18.9 Å². The van der Waals surface area contributed by atoms with Crippen molar-refractivity contribution in [1.29, 1.82) is 0 Å². The number of allylic oxidation sites excluding steroid dienone is 7. The third-order valence-corrected chi connectivity index (χ3v) is 5.24. The van der Waals surface area contributed by atoms with Gasteiger partial charge in [-0.2, -0.15) is 0 Å². The maximum absolute atomic E-state index is 6.11. The summed E-state index contributed by atoms with van der Waals surface area (Å²) in [5.41, 5.74) is 0. The molecule has 1 aliphatic carbocycles. The van der Waals surface area contributed by atoms with Crippen LogP contribution in [0, 0.1) is 11.8 Å². The van der Waals surface area contributed by atoms with Crippen molar-refractivity contribution in [3.8, 4) is 0 Å². The predicted octanol–water partition coefficient (Wildman–Crippen LogP) is 5.18. The minimum Gasteiger partial charge on any atom is -0.359 e.